The fourth-order valence-corrected chi connectivity index (χ4v) is 4.34. The van der Waals surface area contributed by atoms with Gasteiger partial charge in [0, 0.05) is 23.9 Å². The summed E-state index contributed by atoms with van der Waals surface area (Å²) in [4.78, 5) is 30.8. The second kappa shape index (κ2) is 10.4. The van der Waals surface area contributed by atoms with Crippen molar-refractivity contribution in [3.63, 3.8) is 0 Å². The Balaban J connectivity index is 1.63. The number of thioether (sulfide) groups is 1. The van der Waals surface area contributed by atoms with Gasteiger partial charge in [-0.15, -0.1) is 0 Å². The van der Waals surface area contributed by atoms with Crippen LogP contribution in [0.15, 0.2) is 76.7 Å². The Bertz CT molecular complexity index is 1360. The lowest BCUT2D eigenvalue weighted by molar-refractivity contribution is -0.113. The van der Waals surface area contributed by atoms with Gasteiger partial charge in [-0.3, -0.25) is 14.2 Å². The lowest BCUT2D eigenvalue weighted by Crippen LogP contribution is -2.23. The monoisotopic (exact) mass is 475 g/mol. The van der Waals surface area contributed by atoms with Crippen LogP contribution in [0.2, 0.25) is 0 Å². The summed E-state index contributed by atoms with van der Waals surface area (Å²) < 4.78 is 12.1. The number of aryl methyl sites for hydroxylation is 1. The number of anilines is 1. The first-order chi connectivity index (χ1) is 16.5. The topological polar surface area (TPSA) is 82.5 Å². The van der Waals surface area contributed by atoms with Crippen molar-refractivity contribution in [3.8, 4) is 17.2 Å². The van der Waals surface area contributed by atoms with Crippen LogP contribution in [0.25, 0.3) is 16.6 Å². The maximum Gasteiger partial charge on any atom is 0.266 e. The minimum Gasteiger partial charge on any atom is -0.497 e. The SMILES string of the molecule is CCc1ccc(-n2c(SCC(=O)Nc3cc(OC)cc(OC)c3)nc3ccccc3c2=O)cc1. The van der Waals surface area contributed by atoms with E-state index in [9.17, 15) is 9.59 Å². The number of benzene rings is 3. The molecule has 4 aromatic rings. The Hall–Kier alpha value is -3.78. The molecule has 174 valence electrons. The van der Waals surface area contributed by atoms with Crippen LogP contribution in [0.3, 0.4) is 0 Å². The first-order valence-electron chi connectivity index (χ1n) is 10.8. The summed E-state index contributed by atoms with van der Waals surface area (Å²) in [5, 5.41) is 3.83. The van der Waals surface area contributed by atoms with E-state index >= 15 is 0 Å². The van der Waals surface area contributed by atoms with Crippen molar-refractivity contribution in [3.05, 3.63) is 82.6 Å². The van der Waals surface area contributed by atoms with E-state index < -0.39 is 0 Å². The molecule has 3 aromatic carbocycles. The van der Waals surface area contributed by atoms with Gasteiger partial charge < -0.3 is 14.8 Å². The second-order valence-corrected chi connectivity index (χ2v) is 8.45. The molecule has 0 aliphatic heterocycles. The molecule has 0 radical (unpaired) electrons. The summed E-state index contributed by atoms with van der Waals surface area (Å²) in [5.74, 6) is 0.971. The standard InChI is InChI=1S/C26H25N3O4S/c1-4-17-9-11-19(12-10-17)29-25(31)22-7-5-6-8-23(22)28-26(29)34-16-24(30)27-18-13-20(32-2)15-21(14-18)33-3/h5-15H,4,16H2,1-3H3,(H,27,30). The van der Waals surface area contributed by atoms with Crippen LogP contribution in [0.4, 0.5) is 5.69 Å². The van der Waals surface area contributed by atoms with E-state index in [1.165, 1.54) is 17.3 Å². The highest BCUT2D eigenvalue weighted by molar-refractivity contribution is 7.99. The second-order valence-electron chi connectivity index (χ2n) is 7.51. The fourth-order valence-electron chi connectivity index (χ4n) is 3.52. The minimum atomic E-state index is -0.240. The van der Waals surface area contributed by atoms with E-state index in [0.29, 0.717) is 38.9 Å². The van der Waals surface area contributed by atoms with Crippen molar-refractivity contribution in [2.24, 2.45) is 0 Å². The molecule has 1 aromatic heterocycles. The van der Waals surface area contributed by atoms with Crippen molar-refractivity contribution in [1.29, 1.82) is 0 Å². The maximum atomic E-state index is 13.4. The van der Waals surface area contributed by atoms with Crippen LogP contribution in [0.5, 0.6) is 11.5 Å². The smallest absolute Gasteiger partial charge is 0.266 e. The molecule has 0 aliphatic rings. The van der Waals surface area contributed by atoms with Gasteiger partial charge in [0.2, 0.25) is 5.91 Å². The maximum absolute atomic E-state index is 13.4. The van der Waals surface area contributed by atoms with E-state index in [1.807, 2.05) is 36.4 Å². The third-order valence-electron chi connectivity index (χ3n) is 5.32. The van der Waals surface area contributed by atoms with Crippen molar-refractivity contribution >= 4 is 34.3 Å². The van der Waals surface area contributed by atoms with Gasteiger partial charge >= 0.3 is 0 Å². The molecule has 4 rings (SSSR count). The molecular weight excluding hydrogens is 450 g/mol. The zero-order chi connectivity index (χ0) is 24.1. The Kier molecular flexibility index (Phi) is 7.18. The summed E-state index contributed by atoms with van der Waals surface area (Å²) in [6.45, 7) is 2.08. The number of hydrogen-bond donors (Lipinski definition) is 1. The third-order valence-corrected chi connectivity index (χ3v) is 6.25. The first-order valence-corrected chi connectivity index (χ1v) is 11.8. The molecule has 0 fully saturated rings. The summed E-state index contributed by atoms with van der Waals surface area (Å²) in [6, 6.07) is 20.2. The molecule has 1 heterocycles. The number of aromatic nitrogens is 2. The molecule has 0 atom stereocenters. The largest absolute Gasteiger partial charge is 0.497 e. The number of amides is 1. The quantitative estimate of drug-likeness (QED) is 0.294. The number of nitrogens with one attached hydrogen (secondary N) is 1. The van der Waals surface area contributed by atoms with E-state index in [0.717, 1.165) is 6.42 Å². The molecule has 8 heteroatoms. The normalized spacial score (nSPS) is 10.8. The highest BCUT2D eigenvalue weighted by Gasteiger charge is 2.15. The molecule has 1 amide bonds. The molecule has 7 nitrogen and oxygen atoms in total. The lowest BCUT2D eigenvalue weighted by atomic mass is 10.1. The van der Waals surface area contributed by atoms with Crippen LogP contribution in [-0.2, 0) is 11.2 Å². The van der Waals surface area contributed by atoms with Crippen molar-refractivity contribution < 1.29 is 14.3 Å². The van der Waals surface area contributed by atoms with Gasteiger partial charge in [0.25, 0.3) is 5.56 Å². The predicted molar refractivity (Wildman–Crippen MR) is 136 cm³/mol. The number of carbonyl (C=O) groups is 1. The van der Waals surface area contributed by atoms with Crippen LogP contribution in [-0.4, -0.2) is 35.4 Å². The molecule has 34 heavy (non-hydrogen) atoms. The van der Waals surface area contributed by atoms with E-state index in [1.54, 1.807) is 49.1 Å². The predicted octanol–water partition coefficient (Wildman–Crippen LogP) is 4.70. The summed E-state index contributed by atoms with van der Waals surface area (Å²) in [7, 11) is 3.10. The van der Waals surface area contributed by atoms with Crippen LogP contribution >= 0.6 is 11.8 Å². The zero-order valence-corrected chi connectivity index (χ0v) is 20.0. The highest BCUT2D eigenvalue weighted by Crippen LogP contribution is 2.27. The van der Waals surface area contributed by atoms with Crippen molar-refractivity contribution in [2.75, 3.05) is 25.3 Å². The Labute approximate surface area is 201 Å². The van der Waals surface area contributed by atoms with E-state index in [2.05, 4.69) is 12.2 Å². The number of rotatable bonds is 8. The molecule has 0 aliphatic carbocycles. The molecule has 0 bridgehead atoms. The van der Waals surface area contributed by atoms with Gasteiger partial charge in [-0.1, -0.05) is 43.0 Å². The molecular formula is C26H25N3O4S. The van der Waals surface area contributed by atoms with Gasteiger partial charge in [0.15, 0.2) is 5.16 Å². The van der Waals surface area contributed by atoms with Crippen LogP contribution in [0, 0.1) is 0 Å². The van der Waals surface area contributed by atoms with Crippen molar-refractivity contribution in [1.82, 2.24) is 9.55 Å². The molecule has 0 saturated carbocycles. The average molecular weight is 476 g/mol. The number of para-hydroxylation sites is 1. The van der Waals surface area contributed by atoms with E-state index in [-0.39, 0.29) is 17.2 Å². The van der Waals surface area contributed by atoms with E-state index in [4.69, 9.17) is 14.5 Å². The number of carbonyl (C=O) groups excluding carboxylic acids is 1. The number of hydrogen-bond acceptors (Lipinski definition) is 6. The molecule has 1 N–H and O–H groups in total. The summed E-state index contributed by atoms with van der Waals surface area (Å²) in [6.07, 6.45) is 0.905. The molecule has 0 spiro atoms. The first kappa shape index (κ1) is 23.4. The Morgan fingerprint density at radius 3 is 2.32 bits per heavy atom. The van der Waals surface area contributed by atoms with Gasteiger partial charge in [0.05, 0.1) is 36.6 Å². The number of ether oxygens (including phenoxy) is 2. The summed E-state index contributed by atoms with van der Waals surface area (Å²) >= 11 is 1.21. The average Bonchev–Trinajstić information content (AvgIpc) is 2.87. The van der Waals surface area contributed by atoms with Gasteiger partial charge in [0.1, 0.15) is 11.5 Å². The van der Waals surface area contributed by atoms with Gasteiger partial charge in [-0.2, -0.15) is 0 Å². The Morgan fingerprint density at radius 2 is 1.68 bits per heavy atom. The highest BCUT2D eigenvalue weighted by atomic mass is 32.2. The van der Waals surface area contributed by atoms with Gasteiger partial charge in [-0.05, 0) is 36.2 Å². The minimum absolute atomic E-state index is 0.0668. The number of methoxy groups -OCH3 is 2. The number of fused-ring (bicyclic) bond motifs is 1. The number of nitrogens with zero attached hydrogens (tertiary/aromatic N) is 2. The molecule has 0 saturated heterocycles. The third kappa shape index (κ3) is 5.07. The molecule has 0 unspecified atom stereocenters. The van der Waals surface area contributed by atoms with Crippen LogP contribution < -0.4 is 20.3 Å². The van der Waals surface area contributed by atoms with Crippen LogP contribution in [0.1, 0.15) is 12.5 Å². The van der Waals surface area contributed by atoms with Crippen molar-refractivity contribution in [2.45, 2.75) is 18.5 Å². The lowest BCUT2D eigenvalue weighted by Gasteiger charge is -2.14. The van der Waals surface area contributed by atoms with Gasteiger partial charge in [-0.25, -0.2) is 4.98 Å². The Morgan fingerprint density at radius 1 is 1.00 bits per heavy atom. The fraction of sp³-hybridized carbons (Fsp3) is 0.192. The zero-order valence-electron chi connectivity index (χ0n) is 19.2. The summed E-state index contributed by atoms with van der Waals surface area (Å²) in [5.41, 5.74) is 2.86.